The third-order valence-corrected chi connectivity index (χ3v) is 4.50. The van der Waals surface area contributed by atoms with Crippen LogP contribution in [0.1, 0.15) is 111 Å². The maximum atomic E-state index is 11.6. The molecule has 4 nitrogen and oxygen atoms in total. The molecule has 4 heteroatoms. The summed E-state index contributed by atoms with van der Waals surface area (Å²) in [5.74, 6) is -0.987. The van der Waals surface area contributed by atoms with Crippen molar-refractivity contribution in [1.29, 1.82) is 0 Å². The van der Waals surface area contributed by atoms with Crippen LogP contribution in [0.3, 0.4) is 0 Å². The lowest BCUT2D eigenvalue weighted by Crippen LogP contribution is -2.17. The first-order chi connectivity index (χ1) is 13.3. The lowest BCUT2D eigenvalue weighted by Gasteiger charge is -2.16. The van der Waals surface area contributed by atoms with Crippen LogP contribution in [0, 0.1) is 5.41 Å². The molecular formula is C24H44O4. The lowest BCUT2D eigenvalue weighted by atomic mass is 9.99. The van der Waals surface area contributed by atoms with Crippen LogP contribution in [0.25, 0.3) is 0 Å². The molecule has 0 rings (SSSR count). The summed E-state index contributed by atoms with van der Waals surface area (Å²) in [5, 5.41) is 0. The molecule has 0 atom stereocenters. The molecule has 0 N–H and O–H groups in total. The van der Waals surface area contributed by atoms with Crippen molar-refractivity contribution < 1.29 is 19.1 Å². The van der Waals surface area contributed by atoms with Gasteiger partial charge in [0.1, 0.15) is 0 Å². The van der Waals surface area contributed by atoms with Gasteiger partial charge in [0.15, 0.2) is 0 Å². The average molecular weight is 397 g/mol. The van der Waals surface area contributed by atoms with E-state index in [1.54, 1.807) is 0 Å². The zero-order valence-corrected chi connectivity index (χ0v) is 18.9. The number of ether oxygens (including phenoxy) is 2. The molecule has 0 aliphatic rings. The quantitative estimate of drug-likeness (QED) is 0.155. The number of unbranched alkanes of at least 4 members (excludes halogenated alkanes) is 12. The normalized spacial score (nSPS) is 11.7. The molecule has 0 aromatic heterocycles. The van der Waals surface area contributed by atoms with Gasteiger partial charge in [0, 0.05) is 12.2 Å². The first-order valence-corrected chi connectivity index (χ1v) is 11.4. The molecule has 0 spiro atoms. The van der Waals surface area contributed by atoms with Gasteiger partial charge < -0.3 is 9.47 Å². The lowest BCUT2D eigenvalue weighted by molar-refractivity contribution is -0.142. The molecule has 0 aromatic rings. The second kappa shape index (κ2) is 17.8. The largest absolute Gasteiger partial charge is 0.463 e. The SMILES string of the molecule is CCCCCCCCCCCCCCCOC(=O)/C=C/C(=O)OCC(C)(C)C. The zero-order valence-electron chi connectivity index (χ0n) is 18.9. The minimum absolute atomic E-state index is 0.0851. The van der Waals surface area contributed by atoms with E-state index in [0.717, 1.165) is 25.0 Å². The summed E-state index contributed by atoms with van der Waals surface area (Å²) in [5.41, 5.74) is -0.0851. The molecule has 0 radical (unpaired) electrons. The van der Waals surface area contributed by atoms with Gasteiger partial charge in [-0.3, -0.25) is 0 Å². The average Bonchev–Trinajstić information content (AvgIpc) is 2.64. The van der Waals surface area contributed by atoms with Gasteiger partial charge in [-0.25, -0.2) is 9.59 Å². The number of carbonyl (C=O) groups is 2. The summed E-state index contributed by atoms with van der Waals surface area (Å²) in [6.07, 6.45) is 19.0. The monoisotopic (exact) mass is 396 g/mol. The van der Waals surface area contributed by atoms with Gasteiger partial charge in [-0.15, -0.1) is 0 Å². The molecule has 0 bridgehead atoms. The van der Waals surface area contributed by atoms with Crippen LogP contribution in [-0.4, -0.2) is 25.2 Å². The number of rotatable bonds is 17. The smallest absolute Gasteiger partial charge is 0.331 e. The summed E-state index contributed by atoms with van der Waals surface area (Å²) in [6, 6.07) is 0. The molecule has 0 aliphatic heterocycles. The van der Waals surface area contributed by atoms with Crippen LogP contribution in [0.2, 0.25) is 0 Å². The van der Waals surface area contributed by atoms with Crippen LogP contribution < -0.4 is 0 Å². The Hall–Kier alpha value is -1.32. The summed E-state index contributed by atoms with van der Waals surface area (Å²) in [6.45, 7) is 8.94. The van der Waals surface area contributed by atoms with E-state index in [1.807, 2.05) is 20.8 Å². The molecule has 0 heterocycles. The van der Waals surface area contributed by atoms with Crippen LogP contribution >= 0.6 is 0 Å². The number of carbonyl (C=O) groups excluding carboxylic acids is 2. The fourth-order valence-electron chi connectivity index (χ4n) is 2.81. The minimum Gasteiger partial charge on any atom is -0.463 e. The van der Waals surface area contributed by atoms with E-state index in [9.17, 15) is 9.59 Å². The van der Waals surface area contributed by atoms with Crippen LogP contribution in [-0.2, 0) is 19.1 Å². The van der Waals surface area contributed by atoms with Crippen LogP contribution in [0.15, 0.2) is 12.2 Å². The highest BCUT2D eigenvalue weighted by atomic mass is 16.5. The molecule has 0 aliphatic carbocycles. The Balaban J connectivity index is 3.40. The Morgan fingerprint density at radius 1 is 0.643 bits per heavy atom. The standard InChI is InChI=1S/C24H44O4/c1-5-6-7-8-9-10-11-12-13-14-15-16-17-20-27-22(25)18-19-23(26)28-21-24(2,3)4/h18-19H,5-17,20-21H2,1-4H3/b19-18+. The van der Waals surface area contributed by atoms with Crippen molar-refractivity contribution in [3.8, 4) is 0 Å². The Kier molecular flexibility index (Phi) is 16.9. The third-order valence-electron chi connectivity index (χ3n) is 4.50. The molecule has 0 amide bonds. The highest BCUT2D eigenvalue weighted by Gasteiger charge is 2.12. The summed E-state index contributed by atoms with van der Waals surface area (Å²) in [4.78, 5) is 23.0. The first kappa shape index (κ1) is 26.7. The van der Waals surface area contributed by atoms with Gasteiger partial charge in [-0.05, 0) is 11.8 Å². The number of esters is 2. The highest BCUT2D eigenvalue weighted by molar-refractivity contribution is 5.91. The van der Waals surface area contributed by atoms with Crippen molar-refractivity contribution in [3.05, 3.63) is 12.2 Å². The van der Waals surface area contributed by atoms with Crippen LogP contribution in [0.4, 0.5) is 0 Å². The predicted octanol–water partition coefficient (Wildman–Crippen LogP) is 6.77. The highest BCUT2D eigenvalue weighted by Crippen LogP contribution is 2.13. The fraction of sp³-hybridized carbons (Fsp3) is 0.833. The van der Waals surface area contributed by atoms with Crippen molar-refractivity contribution in [1.82, 2.24) is 0 Å². The Morgan fingerprint density at radius 3 is 1.46 bits per heavy atom. The topological polar surface area (TPSA) is 52.6 Å². The summed E-state index contributed by atoms with van der Waals surface area (Å²) < 4.78 is 10.2. The number of hydrogen-bond acceptors (Lipinski definition) is 4. The van der Waals surface area contributed by atoms with Crippen molar-refractivity contribution in [2.75, 3.05) is 13.2 Å². The Bertz CT molecular complexity index is 421. The minimum atomic E-state index is -0.507. The first-order valence-electron chi connectivity index (χ1n) is 11.4. The molecule has 0 saturated carbocycles. The molecule has 0 saturated heterocycles. The van der Waals surface area contributed by atoms with Gasteiger partial charge in [0.2, 0.25) is 0 Å². The molecule has 164 valence electrons. The zero-order chi connectivity index (χ0) is 21.1. The maximum absolute atomic E-state index is 11.6. The molecule has 0 fully saturated rings. The van der Waals surface area contributed by atoms with E-state index < -0.39 is 11.9 Å². The summed E-state index contributed by atoms with van der Waals surface area (Å²) >= 11 is 0. The van der Waals surface area contributed by atoms with Gasteiger partial charge in [0.25, 0.3) is 0 Å². The summed E-state index contributed by atoms with van der Waals surface area (Å²) in [7, 11) is 0. The van der Waals surface area contributed by atoms with Crippen molar-refractivity contribution in [2.45, 2.75) is 111 Å². The maximum Gasteiger partial charge on any atom is 0.331 e. The van der Waals surface area contributed by atoms with Crippen molar-refractivity contribution in [3.63, 3.8) is 0 Å². The number of hydrogen-bond donors (Lipinski definition) is 0. The van der Waals surface area contributed by atoms with E-state index in [4.69, 9.17) is 9.47 Å². The van der Waals surface area contributed by atoms with Crippen molar-refractivity contribution in [2.24, 2.45) is 5.41 Å². The fourth-order valence-corrected chi connectivity index (χ4v) is 2.81. The van der Waals surface area contributed by atoms with E-state index in [0.29, 0.717) is 13.2 Å². The molecule has 28 heavy (non-hydrogen) atoms. The van der Waals surface area contributed by atoms with E-state index in [1.165, 1.54) is 70.6 Å². The van der Waals surface area contributed by atoms with Gasteiger partial charge in [0.05, 0.1) is 13.2 Å². The second-order valence-electron chi connectivity index (χ2n) is 8.91. The second-order valence-corrected chi connectivity index (χ2v) is 8.91. The predicted molar refractivity (Wildman–Crippen MR) is 116 cm³/mol. The molecule has 0 aromatic carbocycles. The van der Waals surface area contributed by atoms with Crippen molar-refractivity contribution >= 4 is 11.9 Å². The van der Waals surface area contributed by atoms with E-state index in [2.05, 4.69) is 6.92 Å². The third kappa shape index (κ3) is 21.0. The van der Waals surface area contributed by atoms with Gasteiger partial charge in [-0.1, -0.05) is 105 Å². The van der Waals surface area contributed by atoms with Crippen LogP contribution in [0.5, 0.6) is 0 Å². The van der Waals surface area contributed by atoms with Gasteiger partial charge in [-0.2, -0.15) is 0 Å². The van der Waals surface area contributed by atoms with Gasteiger partial charge >= 0.3 is 11.9 Å². The molecule has 0 unspecified atom stereocenters. The van der Waals surface area contributed by atoms with E-state index in [-0.39, 0.29) is 5.41 Å². The Morgan fingerprint density at radius 2 is 1.04 bits per heavy atom. The molecular weight excluding hydrogens is 352 g/mol. The van der Waals surface area contributed by atoms with E-state index >= 15 is 0 Å². The Labute approximate surface area is 173 Å².